The molecule has 0 unspecified atom stereocenters. The van der Waals surface area contributed by atoms with Crippen molar-refractivity contribution in [2.45, 2.75) is 19.4 Å². The van der Waals surface area contributed by atoms with Gasteiger partial charge in [0.25, 0.3) is 0 Å². The maximum atomic E-state index is 5.71. The van der Waals surface area contributed by atoms with Crippen LogP contribution in [0.5, 0.6) is 0 Å². The van der Waals surface area contributed by atoms with E-state index in [1.807, 2.05) is 0 Å². The Bertz CT molecular complexity index is 891. The quantitative estimate of drug-likeness (QED) is 0.648. The molecule has 0 saturated carbocycles. The lowest BCUT2D eigenvalue weighted by molar-refractivity contribution is 0.279. The van der Waals surface area contributed by atoms with Crippen molar-refractivity contribution in [3.8, 4) is 11.1 Å². The summed E-state index contributed by atoms with van der Waals surface area (Å²) in [7, 11) is 0. The van der Waals surface area contributed by atoms with Crippen LogP contribution in [0.25, 0.3) is 21.9 Å². The summed E-state index contributed by atoms with van der Waals surface area (Å²) >= 11 is 0. The van der Waals surface area contributed by atoms with Gasteiger partial charge in [0.2, 0.25) is 5.90 Å². The molecule has 0 N–H and O–H groups in total. The van der Waals surface area contributed by atoms with Crippen molar-refractivity contribution in [1.29, 1.82) is 0 Å². The van der Waals surface area contributed by atoms with Crippen LogP contribution >= 0.6 is 0 Å². The summed E-state index contributed by atoms with van der Waals surface area (Å²) in [5.74, 6) is 0.750. The summed E-state index contributed by atoms with van der Waals surface area (Å²) in [6.45, 7) is 4.82. The van der Waals surface area contributed by atoms with Crippen molar-refractivity contribution in [3.63, 3.8) is 0 Å². The molecule has 114 valence electrons. The van der Waals surface area contributed by atoms with Crippen LogP contribution in [0.3, 0.4) is 0 Å². The van der Waals surface area contributed by atoms with E-state index in [9.17, 15) is 0 Å². The standard InChI is InChI=1S/C21H19NO/c1-21(2)14-23-20(22-21)17-10-7-16(8-11-17)19-12-9-15-5-3-4-6-18(15)13-19/h3-13H,14H2,1-2H3. The van der Waals surface area contributed by atoms with Gasteiger partial charge in [-0.2, -0.15) is 0 Å². The topological polar surface area (TPSA) is 21.6 Å². The van der Waals surface area contributed by atoms with Crippen molar-refractivity contribution in [1.82, 2.24) is 0 Å². The highest BCUT2D eigenvalue weighted by atomic mass is 16.5. The molecule has 0 aliphatic carbocycles. The van der Waals surface area contributed by atoms with Crippen LogP contribution in [0.4, 0.5) is 0 Å². The third kappa shape index (κ3) is 2.72. The van der Waals surface area contributed by atoms with Gasteiger partial charge < -0.3 is 4.74 Å². The van der Waals surface area contributed by atoms with Gasteiger partial charge >= 0.3 is 0 Å². The number of rotatable bonds is 2. The Morgan fingerprint density at radius 2 is 1.43 bits per heavy atom. The molecule has 0 aromatic heterocycles. The lowest BCUT2D eigenvalue weighted by Gasteiger charge is -2.07. The van der Waals surface area contributed by atoms with Crippen molar-refractivity contribution in [2.24, 2.45) is 4.99 Å². The van der Waals surface area contributed by atoms with Crippen molar-refractivity contribution in [3.05, 3.63) is 72.3 Å². The van der Waals surface area contributed by atoms with Crippen LogP contribution in [-0.2, 0) is 4.74 Å². The normalized spacial score (nSPS) is 16.2. The first kappa shape index (κ1) is 14.0. The average molecular weight is 301 g/mol. The second kappa shape index (κ2) is 5.24. The molecule has 0 spiro atoms. The Morgan fingerprint density at radius 1 is 0.783 bits per heavy atom. The van der Waals surface area contributed by atoms with E-state index in [2.05, 4.69) is 85.6 Å². The maximum Gasteiger partial charge on any atom is 0.216 e. The Hall–Kier alpha value is -2.61. The molecule has 0 amide bonds. The Morgan fingerprint density at radius 3 is 2.13 bits per heavy atom. The lowest BCUT2D eigenvalue weighted by Crippen LogP contribution is -2.17. The second-order valence-corrected chi connectivity index (χ2v) is 6.66. The first-order chi connectivity index (χ1) is 11.1. The first-order valence-electron chi connectivity index (χ1n) is 7.93. The van der Waals surface area contributed by atoms with E-state index in [0.717, 1.165) is 11.5 Å². The summed E-state index contributed by atoms with van der Waals surface area (Å²) < 4.78 is 5.71. The third-order valence-corrected chi connectivity index (χ3v) is 4.18. The van der Waals surface area contributed by atoms with Crippen molar-refractivity contribution in [2.75, 3.05) is 6.61 Å². The molecule has 2 heteroatoms. The molecule has 0 atom stereocenters. The molecule has 1 aliphatic rings. The number of nitrogens with zero attached hydrogens (tertiary/aromatic N) is 1. The van der Waals surface area contributed by atoms with E-state index >= 15 is 0 Å². The van der Waals surface area contributed by atoms with E-state index in [1.54, 1.807) is 0 Å². The Labute approximate surface area is 136 Å². The number of hydrogen-bond acceptors (Lipinski definition) is 2. The molecule has 0 fully saturated rings. The van der Waals surface area contributed by atoms with Gasteiger partial charge in [-0.25, -0.2) is 4.99 Å². The molecule has 0 radical (unpaired) electrons. The van der Waals surface area contributed by atoms with Crippen LogP contribution in [0.15, 0.2) is 71.7 Å². The fourth-order valence-electron chi connectivity index (χ4n) is 2.91. The molecule has 1 aliphatic heterocycles. The third-order valence-electron chi connectivity index (χ3n) is 4.18. The molecule has 2 nitrogen and oxygen atoms in total. The molecule has 3 aromatic rings. The molecule has 0 bridgehead atoms. The predicted molar refractivity (Wildman–Crippen MR) is 96.0 cm³/mol. The second-order valence-electron chi connectivity index (χ2n) is 6.66. The fraction of sp³-hybridized carbons (Fsp3) is 0.190. The molecule has 23 heavy (non-hydrogen) atoms. The summed E-state index contributed by atoms with van der Waals surface area (Å²) in [4.78, 5) is 4.63. The monoisotopic (exact) mass is 301 g/mol. The Balaban J connectivity index is 1.67. The van der Waals surface area contributed by atoms with Gasteiger partial charge in [-0.3, -0.25) is 0 Å². The number of hydrogen-bond donors (Lipinski definition) is 0. The number of benzene rings is 3. The van der Waals surface area contributed by atoms with Gasteiger partial charge in [-0.1, -0.05) is 48.5 Å². The molecule has 1 heterocycles. The van der Waals surface area contributed by atoms with Gasteiger partial charge in [0.1, 0.15) is 6.61 Å². The van der Waals surface area contributed by atoms with Gasteiger partial charge in [-0.15, -0.1) is 0 Å². The van der Waals surface area contributed by atoms with Crippen LogP contribution in [0.1, 0.15) is 19.4 Å². The Kier molecular flexibility index (Phi) is 3.19. The van der Waals surface area contributed by atoms with Crippen molar-refractivity contribution >= 4 is 16.7 Å². The molecule has 3 aromatic carbocycles. The minimum Gasteiger partial charge on any atom is -0.475 e. The number of ether oxygens (including phenoxy) is 1. The molecule has 4 rings (SSSR count). The van der Waals surface area contributed by atoms with E-state index < -0.39 is 0 Å². The average Bonchev–Trinajstić information content (AvgIpc) is 2.94. The van der Waals surface area contributed by atoms with Gasteiger partial charge in [0.05, 0.1) is 5.54 Å². The highest BCUT2D eigenvalue weighted by molar-refractivity contribution is 5.96. The minimum absolute atomic E-state index is 0.119. The zero-order valence-electron chi connectivity index (χ0n) is 13.4. The minimum atomic E-state index is -0.119. The molecular weight excluding hydrogens is 282 g/mol. The lowest BCUT2D eigenvalue weighted by atomic mass is 10.0. The largest absolute Gasteiger partial charge is 0.475 e. The highest BCUT2D eigenvalue weighted by Crippen LogP contribution is 2.26. The fourth-order valence-corrected chi connectivity index (χ4v) is 2.91. The van der Waals surface area contributed by atoms with Crippen LogP contribution < -0.4 is 0 Å². The number of fused-ring (bicyclic) bond motifs is 1. The summed E-state index contributed by atoms with van der Waals surface area (Å²) in [6, 6.07) is 23.5. The van der Waals surface area contributed by atoms with E-state index in [-0.39, 0.29) is 5.54 Å². The smallest absolute Gasteiger partial charge is 0.216 e. The summed E-state index contributed by atoms with van der Waals surface area (Å²) in [5.41, 5.74) is 3.36. The van der Waals surface area contributed by atoms with Crippen LogP contribution in [0.2, 0.25) is 0 Å². The van der Waals surface area contributed by atoms with Crippen molar-refractivity contribution < 1.29 is 4.74 Å². The van der Waals surface area contributed by atoms with Gasteiger partial charge in [0.15, 0.2) is 0 Å². The number of aliphatic imine (C=N–C) groups is 1. The summed E-state index contributed by atoms with van der Waals surface area (Å²) in [6.07, 6.45) is 0. The van der Waals surface area contributed by atoms with Crippen LogP contribution in [0, 0.1) is 0 Å². The van der Waals surface area contributed by atoms with E-state index in [0.29, 0.717) is 6.61 Å². The molecule has 0 saturated heterocycles. The maximum absolute atomic E-state index is 5.71. The van der Waals surface area contributed by atoms with Crippen LogP contribution in [-0.4, -0.2) is 18.0 Å². The van der Waals surface area contributed by atoms with E-state index in [4.69, 9.17) is 4.74 Å². The zero-order chi connectivity index (χ0) is 15.9. The van der Waals surface area contributed by atoms with Gasteiger partial charge in [-0.05, 0) is 53.9 Å². The zero-order valence-corrected chi connectivity index (χ0v) is 13.4. The first-order valence-corrected chi connectivity index (χ1v) is 7.93. The van der Waals surface area contributed by atoms with Gasteiger partial charge in [0, 0.05) is 5.56 Å². The predicted octanol–water partition coefficient (Wildman–Crippen LogP) is 5.06. The summed E-state index contributed by atoms with van der Waals surface area (Å²) in [5, 5.41) is 2.53. The van der Waals surface area contributed by atoms with E-state index in [1.165, 1.54) is 21.9 Å². The highest BCUT2D eigenvalue weighted by Gasteiger charge is 2.26. The SMILES string of the molecule is CC1(C)COC(c2ccc(-c3ccc4ccccc4c3)cc2)=N1. The molecular formula is C21H19NO.